The molecular formula is C17H13Cl2NO3S. The molecule has 1 saturated carbocycles. The van der Waals surface area contributed by atoms with E-state index in [1.165, 1.54) is 24.3 Å². The third kappa shape index (κ3) is 3.23. The lowest BCUT2D eigenvalue weighted by molar-refractivity contribution is 0.497. The lowest BCUT2D eigenvalue weighted by atomic mass is 10.3. The minimum atomic E-state index is -4.09. The Morgan fingerprint density at radius 2 is 2.04 bits per heavy atom. The summed E-state index contributed by atoms with van der Waals surface area (Å²) in [5.74, 6) is 2.07. The van der Waals surface area contributed by atoms with Crippen LogP contribution in [-0.2, 0) is 9.84 Å². The SMILES string of the molecule is C[C@H]1C[C@H]1c1ccc(/C=C(\C#N)S(=O)(=O)c2cc(Cl)ccc2Cl)o1. The third-order valence-corrected chi connectivity index (χ3v) is 6.36. The molecule has 1 aromatic carbocycles. The highest BCUT2D eigenvalue weighted by molar-refractivity contribution is 7.95. The average molecular weight is 382 g/mol. The number of sulfone groups is 1. The summed E-state index contributed by atoms with van der Waals surface area (Å²) in [5, 5.41) is 9.53. The van der Waals surface area contributed by atoms with Crippen LogP contribution in [-0.4, -0.2) is 8.42 Å². The van der Waals surface area contributed by atoms with Gasteiger partial charge in [0.15, 0.2) is 4.91 Å². The van der Waals surface area contributed by atoms with Crippen molar-refractivity contribution in [3.05, 3.63) is 56.8 Å². The van der Waals surface area contributed by atoms with Crippen molar-refractivity contribution in [1.29, 1.82) is 5.26 Å². The Bertz CT molecular complexity index is 970. The van der Waals surface area contributed by atoms with Gasteiger partial charge in [0.05, 0.1) is 9.92 Å². The van der Waals surface area contributed by atoms with E-state index >= 15 is 0 Å². The maximum Gasteiger partial charge on any atom is 0.218 e. The number of hydrogen-bond acceptors (Lipinski definition) is 4. The van der Waals surface area contributed by atoms with Crippen LogP contribution < -0.4 is 0 Å². The quantitative estimate of drug-likeness (QED) is 0.694. The molecule has 1 heterocycles. The van der Waals surface area contributed by atoms with Gasteiger partial charge >= 0.3 is 0 Å². The summed E-state index contributed by atoms with van der Waals surface area (Å²) in [6.07, 6.45) is 2.27. The largest absolute Gasteiger partial charge is 0.461 e. The molecule has 0 aliphatic heterocycles. The molecule has 124 valence electrons. The topological polar surface area (TPSA) is 71.1 Å². The number of nitrogens with zero attached hydrogens (tertiary/aromatic N) is 1. The van der Waals surface area contributed by atoms with Gasteiger partial charge in [-0.1, -0.05) is 30.1 Å². The van der Waals surface area contributed by atoms with Crippen molar-refractivity contribution in [2.45, 2.75) is 24.2 Å². The van der Waals surface area contributed by atoms with Crippen molar-refractivity contribution in [3.8, 4) is 6.07 Å². The van der Waals surface area contributed by atoms with Crippen LogP contribution in [0.1, 0.15) is 30.8 Å². The molecule has 3 rings (SSSR count). The lowest BCUT2D eigenvalue weighted by Crippen LogP contribution is -2.04. The fourth-order valence-corrected chi connectivity index (χ4v) is 4.36. The molecule has 1 aliphatic carbocycles. The summed E-state index contributed by atoms with van der Waals surface area (Å²) in [5.41, 5.74) is 0. The molecule has 0 radical (unpaired) electrons. The third-order valence-electron chi connectivity index (χ3n) is 3.98. The molecule has 0 unspecified atom stereocenters. The van der Waals surface area contributed by atoms with Gasteiger partial charge in [0, 0.05) is 17.0 Å². The van der Waals surface area contributed by atoms with Crippen LogP contribution in [0.15, 0.2) is 44.5 Å². The number of halogens is 2. The highest BCUT2D eigenvalue weighted by Gasteiger charge is 2.36. The molecule has 7 heteroatoms. The minimum Gasteiger partial charge on any atom is -0.461 e. The van der Waals surface area contributed by atoms with E-state index in [1.54, 1.807) is 12.1 Å². The van der Waals surface area contributed by atoms with Gasteiger partial charge in [0.1, 0.15) is 17.6 Å². The van der Waals surface area contributed by atoms with Gasteiger partial charge < -0.3 is 4.42 Å². The zero-order valence-corrected chi connectivity index (χ0v) is 15.0. The minimum absolute atomic E-state index is 0.00693. The van der Waals surface area contributed by atoms with E-state index in [0.717, 1.165) is 12.2 Å². The van der Waals surface area contributed by atoms with E-state index in [0.29, 0.717) is 17.6 Å². The predicted molar refractivity (Wildman–Crippen MR) is 92.5 cm³/mol. The van der Waals surface area contributed by atoms with Gasteiger partial charge in [-0.05, 0) is 42.7 Å². The Morgan fingerprint density at radius 3 is 2.67 bits per heavy atom. The van der Waals surface area contributed by atoms with E-state index in [1.807, 2.05) is 6.07 Å². The number of furan rings is 1. The van der Waals surface area contributed by atoms with E-state index in [2.05, 4.69) is 6.92 Å². The molecule has 2 atom stereocenters. The molecule has 0 amide bonds. The van der Waals surface area contributed by atoms with Crippen LogP contribution >= 0.6 is 23.2 Å². The zero-order valence-electron chi connectivity index (χ0n) is 12.7. The van der Waals surface area contributed by atoms with Gasteiger partial charge in [-0.2, -0.15) is 5.26 Å². The van der Waals surface area contributed by atoms with E-state index in [4.69, 9.17) is 27.6 Å². The fraction of sp³-hybridized carbons (Fsp3) is 0.235. The van der Waals surface area contributed by atoms with Crippen molar-refractivity contribution in [2.75, 3.05) is 0 Å². The molecular weight excluding hydrogens is 369 g/mol. The number of hydrogen-bond donors (Lipinski definition) is 0. The smallest absolute Gasteiger partial charge is 0.218 e. The molecule has 4 nitrogen and oxygen atoms in total. The molecule has 1 fully saturated rings. The first-order valence-electron chi connectivity index (χ1n) is 7.24. The Balaban J connectivity index is 1.99. The van der Waals surface area contributed by atoms with Crippen molar-refractivity contribution in [3.63, 3.8) is 0 Å². The van der Waals surface area contributed by atoms with Crippen LogP contribution in [0.3, 0.4) is 0 Å². The molecule has 0 spiro atoms. The van der Waals surface area contributed by atoms with E-state index in [9.17, 15) is 13.7 Å². The first-order chi connectivity index (χ1) is 11.3. The van der Waals surface area contributed by atoms with Crippen molar-refractivity contribution in [2.24, 2.45) is 5.92 Å². The summed E-state index contributed by atoms with van der Waals surface area (Å²) in [7, 11) is -4.09. The Morgan fingerprint density at radius 1 is 1.33 bits per heavy atom. The normalized spacial score (nSPS) is 20.7. The fourth-order valence-electron chi connectivity index (χ4n) is 2.46. The molecule has 1 aliphatic rings. The number of nitriles is 1. The molecule has 2 aromatic rings. The zero-order chi connectivity index (χ0) is 17.5. The van der Waals surface area contributed by atoms with E-state index < -0.39 is 14.7 Å². The second-order valence-corrected chi connectivity index (χ2v) is 8.49. The lowest BCUT2D eigenvalue weighted by Gasteiger charge is -2.05. The Kier molecular flexibility index (Phi) is 4.48. The molecule has 0 bridgehead atoms. The van der Waals surface area contributed by atoms with Gasteiger partial charge in [-0.3, -0.25) is 0 Å². The van der Waals surface area contributed by atoms with Gasteiger partial charge in [0.25, 0.3) is 0 Å². The number of allylic oxidation sites excluding steroid dienone is 1. The van der Waals surface area contributed by atoms with Crippen molar-refractivity contribution < 1.29 is 12.8 Å². The molecule has 24 heavy (non-hydrogen) atoms. The molecule has 0 saturated heterocycles. The van der Waals surface area contributed by atoms with Crippen LogP contribution in [0.5, 0.6) is 0 Å². The first-order valence-corrected chi connectivity index (χ1v) is 9.48. The highest BCUT2D eigenvalue weighted by atomic mass is 35.5. The summed E-state index contributed by atoms with van der Waals surface area (Å²) in [4.78, 5) is -0.650. The highest BCUT2D eigenvalue weighted by Crippen LogP contribution is 2.47. The van der Waals surface area contributed by atoms with E-state index in [-0.39, 0.29) is 14.9 Å². The maximum absolute atomic E-state index is 12.7. The van der Waals surface area contributed by atoms with Gasteiger partial charge in [-0.15, -0.1) is 0 Å². The summed E-state index contributed by atoms with van der Waals surface area (Å²) in [6, 6.07) is 9.27. The summed E-state index contributed by atoms with van der Waals surface area (Å²) >= 11 is 11.8. The second kappa shape index (κ2) is 6.29. The van der Waals surface area contributed by atoms with Crippen LogP contribution in [0, 0.1) is 17.2 Å². The van der Waals surface area contributed by atoms with Crippen molar-refractivity contribution in [1.82, 2.24) is 0 Å². The van der Waals surface area contributed by atoms with Crippen molar-refractivity contribution >= 4 is 39.1 Å². The standard InChI is InChI=1S/C17H13Cl2NO3S/c1-10-6-14(10)16-5-3-12(23-16)8-13(9-20)24(21,22)17-7-11(18)2-4-15(17)19/h2-5,7-8,10,14H,6H2,1H3/b13-8+/t10-,14+/m0/s1. The number of rotatable bonds is 4. The van der Waals surface area contributed by atoms with Crippen LogP contribution in [0.2, 0.25) is 10.0 Å². The summed E-state index contributed by atoms with van der Waals surface area (Å²) in [6.45, 7) is 2.12. The maximum atomic E-state index is 12.7. The summed E-state index contributed by atoms with van der Waals surface area (Å²) < 4.78 is 31.0. The Hall–Kier alpha value is -1.74. The Labute approximate surface area is 150 Å². The van der Waals surface area contributed by atoms with Crippen LogP contribution in [0.25, 0.3) is 6.08 Å². The molecule has 0 N–H and O–H groups in total. The monoisotopic (exact) mass is 381 g/mol. The molecule has 1 aromatic heterocycles. The predicted octanol–water partition coefficient (Wildman–Crippen LogP) is 5.05. The first kappa shape index (κ1) is 17.1. The van der Waals surface area contributed by atoms with Gasteiger partial charge in [-0.25, -0.2) is 8.42 Å². The number of benzene rings is 1. The van der Waals surface area contributed by atoms with Crippen LogP contribution in [0.4, 0.5) is 0 Å². The average Bonchev–Trinajstić information content (AvgIpc) is 3.08. The second-order valence-electron chi connectivity index (χ2n) is 5.76. The van der Waals surface area contributed by atoms with Gasteiger partial charge in [0.2, 0.25) is 9.84 Å².